The van der Waals surface area contributed by atoms with E-state index >= 15 is 0 Å². The first kappa shape index (κ1) is 21.8. The SMILES string of the molecule is CC(C)(C)n1cc(-c2ccc(Cl)c(F)c2)c2ccc(C(=O)N3CCS(=O)(=O)CC3)nc21. The third-order valence-electron chi connectivity index (χ3n) is 5.46. The van der Waals surface area contributed by atoms with Crippen molar-refractivity contribution in [3.05, 3.63) is 53.1 Å². The minimum absolute atomic E-state index is 0.0361. The summed E-state index contributed by atoms with van der Waals surface area (Å²) in [5.74, 6) is -0.870. The van der Waals surface area contributed by atoms with E-state index in [1.54, 1.807) is 18.2 Å². The fraction of sp³-hybridized carbons (Fsp3) is 0.364. The van der Waals surface area contributed by atoms with E-state index in [-0.39, 0.29) is 46.8 Å². The number of aromatic nitrogens is 2. The second-order valence-electron chi connectivity index (χ2n) is 8.72. The Morgan fingerprint density at radius 1 is 1.13 bits per heavy atom. The summed E-state index contributed by atoms with van der Waals surface area (Å²) in [6.07, 6.45) is 1.90. The van der Waals surface area contributed by atoms with Gasteiger partial charge < -0.3 is 9.47 Å². The van der Waals surface area contributed by atoms with Gasteiger partial charge in [0, 0.05) is 35.8 Å². The molecule has 31 heavy (non-hydrogen) atoms. The molecule has 3 aromatic rings. The Morgan fingerprint density at radius 2 is 1.81 bits per heavy atom. The zero-order chi connectivity index (χ0) is 22.6. The van der Waals surface area contributed by atoms with Gasteiger partial charge in [0.25, 0.3) is 5.91 Å². The van der Waals surface area contributed by atoms with E-state index in [4.69, 9.17) is 11.6 Å². The van der Waals surface area contributed by atoms with Crippen LogP contribution in [0, 0.1) is 5.82 Å². The highest BCUT2D eigenvalue weighted by Gasteiger charge is 2.28. The smallest absolute Gasteiger partial charge is 0.272 e. The van der Waals surface area contributed by atoms with Gasteiger partial charge in [-0.2, -0.15) is 0 Å². The maximum Gasteiger partial charge on any atom is 0.272 e. The van der Waals surface area contributed by atoms with E-state index in [0.29, 0.717) is 11.2 Å². The predicted octanol–water partition coefficient (Wildman–Crippen LogP) is 4.12. The fourth-order valence-electron chi connectivity index (χ4n) is 3.70. The first-order chi connectivity index (χ1) is 14.5. The van der Waals surface area contributed by atoms with Gasteiger partial charge in [-0.25, -0.2) is 17.8 Å². The molecule has 0 atom stereocenters. The van der Waals surface area contributed by atoms with Gasteiger partial charge in [0.15, 0.2) is 9.84 Å². The Kier molecular flexibility index (Phi) is 5.34. The Bertz CT molecular complexity index is 1280. The molecule has 1 aliphatic heterocycles. The van der Waals surface area contributed by atoms with E-state index in [0.717, 1.165) is 10.9 Å². The van der Waals surface area contributed by atoms with Gasteiger partial charge in [-0.3, -0.25) is 4.79 Å². The number of hydrogen-bond donors (Lipinski definition) is 0. The molecule has 0 bridgehead atoms. The molecule has 0 spiro atoms. The number of halogens is 2. The number of carbonyl (C=O) groups excluding carboxylic acids is 1. The molecule has 6 nitrogen and oxygen atoms in total. The van der Waals surface area contributed by atoms with Gasteiger partial charge in [0.2, 0.25) is 0 Å². The van der Waals surface area contributed by atoms with Crippen LogP contribution in [0.3, 0.4) is 0 Å². The lowest BCUT2D eigenvalue weighted by Crippen LogP contribution is -2.44. The summed E-state index contributed by atoms with van der Waals surface area (Å²) >= 11 is 5.84. The molecule has 0 aliphatic carbocycles. The summed E-state index contributed by atoms with van der Waals surface area (Å²) in [5.41, 5.74) is 1.97. The molecular weight excluding hydrogens is 441 g/mol. The highest BCUT2D eigenvalue weighted by molar-refractivity contribution is 7.91. The second-order valence-corrected chi connectivity index (χ2v) is 11.4. The molecule has 1 saturated heterocycles. The molecule has 1 aromatic carbocycles. The summed E-state index contributed by atoms with van der Waals surface area (Å²) in [6, 6.07) is 8.09. The van der Waals surface area contributed by atoms with Crippen LogP contribution in [0.25, 0.3) is 22.2 Å². The van der Waals surface area contributed by atoms with E-state index in [1.807, 2.05) is 31.5 Å². The maximum absolute atomic E-state index is 14.1. The van der Waals surface area contributed by atoms with Crippen molar-refractivity contribution in [2.24, 2.45) is 0 Å². The third-order valence-corrected chi connectivity index (χ3v) is 7.37. The molecule has 3 heterocycles. The summed E-state index contributed by atoms with van der Waals surface area (Å²) in [4.78, 5) is 19.1. The zero-order valence-electron chi connectivity index (χ0n) is 17.5. The molecule has 0 unspecified atom stereocenters. The van der Waals surface area contributed by atoms with Gasteiger partial charge in [-0.15, -0.1) is 0 Å². The molecular formula is C22H23ClFN3O3S. The molecule has 0 radical (unpaired) electrons. The molecule has 164 valence electrons. The molecule has 1 aliphatic rings. The number of carbonyl (C=O) groups is 1. The van der Waals surface area contributed by atoms with E-state index < -0.39 is 15.7 Å². The number of nitrogens with zero attached hydrogens (tertiary/aromatic N) is 3. The first-order valence-electron chi connectivity index (χ1n) is 9.94. The predicted molar refractivity (Wildman–Crippen MR) is 120 cm³/mol. The lowest BCUT2D eigenvalue weighted by atomic mass is 10.1. The number of pyridine rings is 1. The van der Waals surface area contributed by atoms with Crippen molar-refractivity contribution < 1.29 is 17.6 Å². The van der Waals surface area contributed by atoms with Crippen LogP contribution in [-0.2, 0) is 15.4 Å². The molecule has 1 fully saturated rings. The number of fused-ring (bicyclic) bond motifs is 1. The van der Waals surface area contributed by atoms with Gasteiger partial charge in [-0.05, 0) is 50.6 Å². The number of rotatable bonds is 2. The largest absolute Gasteiger partial charge is 0.335 e. The van der Waals surface area contributed by atoms with Crippen LogP contribution in [-0.4, -0.2) is 53.4 Å². The van der Waals surface area contributed by atoms with Crippen LogP contribution in [0.2, 0.25) is 5.02 Å². The van der Waals surface area contributed by atoms with Gasteiger partial charge in [0.05, 0.1) is 16.5 Å². The topological polar surface area (TPSA) is 72.3 Å². The van der Waals surface area contributed by atoms with Crippen molar-refractivity contribution in [2.75, 3.05) is 24.6 Å². The molecule has 1 amide bonds. The van der Waals surface area contributed by atoms with Gasteiger partial charge in [-0.1, -0.05) is 17.7 Å². The van der Waals surface area contributed by atoms with Crippen LogP contribution < -0.4 is 0 Å². The Labute approximate surface area is 185 Å². The lowest BCUT2D eigenvalue weighted by molar-refractivity contribution is 0.0764. The lowest BCUT2D eigenvalue weighted by Gasteiger charge is -2.26. The maximum atomic E-state index is 14.1. The number of hydrogen-bond acceptors (Lipinski definition) is 4. The summed E-state index contributed by atoms with van der Waals surface area (Å²) in [6.45, 7) is 6.38. The number of benzene rings is 1. The standard InChI is InChI=1S/C22H23ClFN3O3S/c1-22(2,3)27-13-16(14-4-6-17(23)18(24)12-14)15-5-7-19(25-20(15)27)21(28)26-8-10-31(29,30)11-9-26/h4-7,12-13H,8-11H2,1-3H3. The molecule has 4 rings (SSSR count). The minimum atomic E-state index is -3.08. The Balaban J connectivity index is 1.80. The summed E-state index contributed by atoms with van der Waals surface area (Å²) in [7, 11) is -3.08. The highest BCUT2D eigenvalue weighted by atomic mass is 35.5. The third kappa shape index (κ3) is 4.19. The quantitative estimate of drug-likeness (QED) is 0.573. The minimum Gasteiger partial charge on any atom is -0.335 e. The molecule has 9 heteroatoms. The van der Waals surface area contributed by atoms with Crippen LogP contribution in [0.4, 0.5) is 4.39 Å². The van der Waals surface area contributed by atoms with Crippen molar-refractivity contribution >= 4 is 38.4 Å². The van der Waals surface area contributed by atoms with Crippen LogP contribution in [0.5, 0.6) is 0 Å². The van der Waals surface area contributed by atoms with Crippen LogP contribution in [0.1, 0.15) is 31.3 Å². The monoisotopic (exact) mass is 463 g/mol. The Hall–Kier alpha value is -2.45. The first-order valence-corrected chi connectivity index (χ1v) is 12.1. The van der Waals surface area contributed by atoms with E-state index in [1.165, 1.54) is 17.0 Å². The normalized spacial score (nSPS) is 16.6. The van der Waals surface area contributed by atoms with Crippen molar-refractivity contribution in [3.63, 3.8) is 0 Å². The average molecular weight is 464 g/mol. The van der Waals surface area contributed by atoms with Crippen molar-refractivity contribution in [1.82, 2.24) is 14.5 Å². The summed E-state index contributed by atoms with van der Waals surface area (Å²) < 4.78 is 39.4. The van der Waals surface area contributed by atoms with Crippen molar-refractivity contribution in [1.29, 1.82) is 0 Å². The summed E-state index contributed by atoms with van der Waals surface area (Å²) in [5, 5.41) is 0.840. The van der Waals surface area contributed by atoms with Gasteiger partial charge in [0.1, 0.15) is 17.2 Å². The van der Waals surface area contributed by atoms with Gasteiger partial charge >= 0.3 is 0 Å². The molecule has 2 aromatic heterocycles. The van der Waals surface area contributed by atoms with Crippen LogP contribution in [0.15, 0.2) is 36.5 Å². The highest BCUT2D eigenvalue weighted by Crippen LogP contribution is 2.34. The van der Waals surface area contributed by atoms with Crippen molar-refractivity contribution in [3.8, 4) is 11.1 Å². The van der Waals surface area contributed by atoms with E-state index in [2.05, 4.69) is 4.98 Å². The zero-order valence-corrected chi connectivity index (χ0v) is 19.1. The number of sulfone groups is 1. The van der Waals surface area contributed by atoms with E-state index in [9.17, 15) is 17.6 Å². The average Bonchev–Trinajstić information content (AvgIpc) is 3.09. The number of amides is 1. The molecule has 0 N–H and O–H groups in total. The Morgan fingerprint density at radius 3 is 2.42 bits per heavy atom. The van der Waals surface area contributed by atoms with Crippen molar-refractivity contribution in [2.45, 2.75) is 26.3 Å². The second kappa shape index (κ2) is 7.60. The molecule has 0 saturated carbocycles. The fourth-order valence-corrected chi connectivity index (χ4v) is 5.02. The van der Waals surface area contributed by atoms with Crippen LogP contribution >= 0.6 is 11.6 Å².